The Labute approximate surface area is 457 Å². The van der Waals surface area contributed by atoms with Crippen molar-refractivity contribution in [1.29, 1.82) is 0 Å². The molecule has 13 N–H and O–H groups in total. The third-order valence-corrected chi connectivity index (χ3v) is 19.4. The molecular weight excluding hydrogens is 1210 g/mol. The van der Waals surface area contributed by atoms with Crippen LogP contribution in [0, 0.1) is 5.92 Å². The van der Waals surface area contributed by atoms with E-state index in [1.54, 1.807) is 6.07 Å². The Hall–Kier alpha value is -5.45. The summed E-state index contributed by atoms with van der Waals surface area (Å²) in [7, 11) is -25.9. The number of imidazole rings is 2. The van der Waals surface area contributed by atoms with Gasteiger partial charge in [0.05, 0.1) is 44.2 Å². The van der Waals surface area contributed by atoms with Gasteiger partial charge in [-0.2, -0.15) is 18.2 Å². The summed E-state index contributed by atoms with van der Waals surface area (Å²) in [6.45, 7) is -4.25. The highest BCUT2D eigenvalue weighted by Gasteiger charge is 2.53. The van der Waals surface area contributed by atoms with Gasteiger partial charge in [-0.15, -0.1) is 0 Å². The van der Waals surface area contributed by atoms with E-state index in [0.29, 0.717) is 4.57 Å². The number of benzene rings is 1. The van der Waals surface area contributed by atoms with Crippen molar-refractivity contribution in [2.24, 2.45) is 13.0 Å². The number of aryl methyl sites for hydroxylation is 1. The molecule has 6 aromatic rings. The van der Waals surface area contributed by atoms with Gasteiger partial charge in [0, 0.05) is 31.8 Å². The maximum absolute atomic E-state index is 13.5. The molecule has 16 atom stereocenters. The molecule has 3 saturated heterocycles. The van der Waals surface area contributed by atoms with E-state index in [-0.39, 0.29) is 39.0 Å². The SMILES string of the molecule is CO[C@@H]1[C@H](OP(=O)([O-])OC[C@H]2O[C@@H](n3ccc(=O)[nH]c3=O)[C@H](O)[C@@H]2O)[C@@H](COP(=O)(O)OP(=O)(O)OP(=O)(O)OC[C@H]2O[C@@H](n3c[n+](C)c4c(=O)[nH]c(N)nc43)[C@H](O)[C@@H]2CNS(=O)(=O)c2ccccc2)O[C@H]1n1cnc2c(N)ncnc21. The van der Waals surface area contributed by atoms with Gasteiger partial charge >= 0.3 is 34.7 Å². The number of phosphoric acid groups is 4. The molecule has 4 unspecified atom stereocenters. The molecule has 1 aromatic carbocycles. The summed E-state index contributed by atoms with van der Waals surface area (Å²) in [5, 5.41) is 32.9. The lowest BCUT2D eigenvalue weighted by Gasteiger charge is -2.31. The van der Waals surface area contributed by atoms with Crippen molar-refractivity contribution >= 4 is 75.4 Å². The highest BCUT2D eigenvalue weighted by atomic mass is 32.2. The summed E-state index contributed by atoms with van der Waals surface area (Å²) in [6.07, 6.45) is -14.8. The number of fused-ring (bicyclic) bond motifs is 2. The summed E-state index contributed by atoms with van der Waals surface area (Å²) < 4.78 is 138. The molecular formula is C38H49N13O26P4S. The molecule has 0 radical (unpaired) electrons. The summed E-state index contributed by atoms with van der Waals surface area (Å²) in [4.78, 5) is 102. The number of hydrogen-bond donors (Lipinski definition) is 11. The van der Waals surface area contributed by atoms with Gasteiger partial charge in [-0.05, 0) is 12.1 Å². The number of aromatic amines is 2. The van der Waals surface area contributed by atoms with Gasteiger partial charge in [-0.25, -0.2) is 51.1 Å². The van der Waals surface area contributed by atoms with E-state index in [1.807, 2.05) is 4.98 Å². The second-order valence-corrected chi connectivity index (χ2v) is 25.8. The lowest BCUT2D eigenvalue weighted by molar-refractivity contribution is -0.646. The maximum atomic E-state index is 13.5. The van der Waals surface area contributed by atoms with E-state index in [9.17, 15) is 76.0 Å². The predicted molar refractivity (Wildman–Crippen MR) is 265 cm³/mol. The molecule has 3 fully saturated rings. The number of nitrogens with two attached hydrogens (primary N) is 2. The Bertz CT molecular complexity index is 3850. The Morgan fingerprint density at radius 3 is 2.07 bits per heavy atom. The first-order valence-corrected chi connectivity index (χ1v) is 30.8. The Kier molecular flexibility index (Phi) is 17.5. The minimum Gasteiger partial charge on any atom is -0.756 e. The van der Waals surface area contributed by atoms with Crippen LogP contribution in [0.4, 0.5) is 11.8 Å². The lowest BCUT2D eigenvalue weighted by Crippen LogP contribution is -2.39. The van der Waals surface area contributed by atoms with Gasteiger partial charge in [0.25, 0.3) is 24.5 Å². The summed E-state index contributed by atoms with van der Waals surface area (Å²) >= 11 is 0. The first kappa shape index (κ1) is 61.1. The Morgan fingerprint density at radius 1 is 0.768 bits per heavy atom. The zero-order chi connectivity index (χ0) is 59.4. The van der Waals surface area contributed by atoms with Crippen LogP contribution in [0.1, 0.15) is 18.7 Å². The standard InChI is InChI=1S/C38H49N13O26P4S/c1-48-16-51(32-24(48)33(56)47-37(40)46-32)34-25(53)18(10-44-82(66,67)17-6-4-3-5-7-17)19(72-34)11-70-79(60,61)76-81(64,65)77-80(62,63)71-13-21-28(29(68-2)36(74-21)50-15-43-23-30(39)41-14-42-31(23)50)75-78(58,59)69-12-20-26(54)27(55)35(73-20)49-9-8-22(52)45-38(49)57/h3-9,14-16,18-21,25-29,34-36,44,53-55H,10-13H2,1-2H3,(H9-,39,40,41,42,45,46,47,52,56,57,58,59,60,61,62,63,64,65)/t18-,19-,20-,21-,25-,26-,27-,28-,29-,34-,35-,36-/m1/s1. The molecule has 3 aliphatic heterocycles. The van der Waals surface area contributed by atoms with Crippen molar-refractivity contribution in [2.45, 2.75) is 72.4 Å². The average Bonchev–Trinajstić information content (AvgIpc) is 4.41. The normalized spacial score (nSPS) is 28.9. The van der Waals surface area contributed by atoms with Crippen molar-refractivity contribution in [1.82, 2.24) is 48.3 Å². The second kappa shape index (κ2) is 23.5. The smallest absolute Gasteiger partial charge is 0.490 e. The minimum absolute atomic E-state index is 0.0127. The molecule has 0 aliphatic carbocycles. The number of hydrogen-bond acceptors (Lipinski definition) is 29. The molecule has 0 saturated carbocycles. The highest BCUT2D eigenvalue weighted by molar-refractivity contribution is 7.89. The van der Waals surface area contributed by atoms with E-state index in [2.05, 4.69) is 38.3 Å². The molecule has 448 valence electrons. The average molecular weight is 1260 g/mol. The van der Waals surface area contributed by atoms with Gasteiger partial charge in [0.1, 0.15) is 54.6 Å². The number of nitrogens with one attached hydrogen (secondary N) is 3. The fourth-order valence-electron chi connectivity index (χ4n) is 9.01. The summed E-state index contributed by atoms with van der Waals surface area (Å²) in [5.41, 5.74) is 8.93. The molecule has 8 heterocycles. The number of aromatic nitrogens is 10. The molecule has 0 spiro atoms. The number of rotatable bonds is 23. The quantitative estimate of drug-likeness (QED) is 0.0214. The van der Waals surface area contributed by atoms with Crippen LogP contribution in [-0.2, 0) is 81.0 Å². The van der Waals surface area contributed by atoms with Crippen molar-refractivity contribution in [3.8, 4) is 0 Å². The van der Waals surface area contributed by atoms with E-state index >= 15 is 0 Å². The van der Waals surface area contributed by atoms with Gasteiger partial charge < -0.3 is 74.4 Å². The second-order valence-electron chi connectivity index (χ2n) is 18.0. The van der Waals surface area contributed by atoms with Crippen LogP contribution in [0.15, 0.2) is 80.9 Å². The number of sulfonamides is 1. The molecule has 3 aliphatic rings. The number of aliphatic hydroxyl groups is 3. The Morgan fingerprint density at radius 2 is 1.40 bits per heavy atom. The van der Waals surface area contributed by atoms with Gasteiger partial charge in [-0.3, -0.25) is 42.3 Å². The van der Waals surface area contributed by atoms with Crippen LogP contribution in [0.2, 0.25) is 0 Å². The van der Waals surface area contributed by atoms with Crippen molar-refractivity contribution in [3.05, 3.63) is 92.8 Å². The number of H-pyrrole nitrogens is 2. The number of aliphatic hydroxyl groups excluding tert-OH is 3. The van der Waals surface area contributed by atoms with Crippen LogP contribution in [0.3, 0.4) is 0 Å². The van der Waals surface area contributed by atoms with Crippen molar-refractivity contribution < 1.29 is 112 Å². The van der Waals surface area contributed by atoms with E-state index in [1.165, 1.54) is 42.2 Å². The molecule has 0 bridgehead atoms. The number of methoxy groups -OCH3 is 1. The first-order chi connectivity index (χ1) is 38.5. The third kappa shape index (κ3) is 13.1. The fraction of sp³-hybridized carbons (Fsp3) is 0.474. The van der Waals surface area contributed by atoms with Gasteiger partial charge in [0.2, 0.25) is 28.5 Å². The molecule has 39 nitrogen and oxygen atoms in total. The first-order valence-electron chi connectivity index (χ1n) is 23.4. The number of nitrogens with zero attached hydrogens (tertiary/aromatic N) is 8. The van der Waals surface area contributed by atoms with Crippen LogP contribution in [0.25, 0.3) is 22.3 Å². The number of anilines is 2. The van der Waals surface area contributed by atoms with Gasteiger partial charge in [0.15, 0.2) is 23.9 Å². The number of nitrogen functional groups attached to an aromatic ring is 2. The lowest BCUT2D eigenvalue weighted by atomic mass is 9.98. The molecule has 44 heteroatoms. The van der Waals surface area contributed by atoms with Crippen LogP contribution >= 0.6 is 31.3 Å². The number of phosphoric ester groups is 3. The zero-order valence-electron chi connectivity index (χ0n) is 41.8. The van der Waals surface area contributed by atoms with Crippen LogP contribution in [-0.4, -0.2) is 164 Å². The largest absolute Gasteiger partial charge is 0.756 e. The Balaban J connectivity index is 0.885. The van der Waals surface area contributed by atoms with E-state index in [0.717, 1.165) is 41.2 Å². The minimum atomic E-state index is -6.31. The fourth-order valence-corrected chi connectivity index (χ4v) is 14.6. The van der Waals surface area contributed by atoms with Crippen LogP contribution < -0.4 is 42.5 Å². The monoisotopic (exact) mass is 1260 g/mol. The molecule has 5 aromatic heterocycles. The van der Waals surface area contributed by atoms with Gasteiger partial charge in [-0.1, -0.05) is 18.2 Å². The summed E-state index contributed by atoms with van der Waals surface area (Å²) in [5.74, 6) is -1.87. The summed E-state index contributed by atoms with van der Waals surface area (Å²) in [6, 6.07) is 7.85. The highest BCUT2D eigenvalue weighted by Crippen LogP contribution is 2.68. The van der Waals surface area contributed by atoms with E-state index in [4.69, 9.17) is 48.5 Å². The third-order valence-electron chi connectivity index (χ3n) is 12.7. The molecule has 9 rings (SSSR count). The zero-order valence-corrected chi connectivity index (χ0v) is 46.2. The predicted octanol–water partition coefficient (Wildman–Crippen LogP) is -4.27. The van der Waals surface area contributed by atoms with E-state index < -0.39 is 158 Å². The molecule has 0 amide bonds. The molecule has 82 heavy (non-hydrogen) atoms. The van der Waals surface area contributed by atoms with Crippen molar-refractivity contribution in [2.75, 3.05) is 44.9 Å². The number of ether oxygens (including phenoxy) is 4. The topological polar surface area (TPSA) is 556 Å². The van der Waals surface area contributed by atoms with Crippen LogP contribution in [0.5, 0.6) is 0 Å². The van der Waals surface area contributed by atoms with Crippen molar-refractivity contribution in [3.63, 3.8) is 0 Å². The maximum Gasteiger partial charge on any atom is 0.490 e.